The molecule has 0 saturated heterocycles. The first-order valence-corrected chi connectivity index (χ1v) is 10.7. The van der Waals surface area contributed by atoms with Crippen molar-refractivity contribution in [3.63, 3.8) is 0 Å². The Bertz CT molecular complexity index is 1180. The molecule has 1 aliphatic heterocycles. The molecule has 5 rings (SSSR count). The maximum absolute atomic E-state index is 13.5. The van der Waals surface area contributed by atoms with Crippen LogP contribution in [0.15, 0.2) is 77.7 Å². The summed E-state index contributed by atoms with van der Waals surface area (Å²) in [5, 5.41) is 10.6. The molecule has 0 radical (unpaired) electrons. The third-order valence-electron chi connectivity index (χ3n) is 5.35. The van der Waals surface area contributed by atoms with Crippen molar-refractivity contribution in [3.05, 3.63) is 84.2 Å². The Balaban J connectivity index is 1.56. The van der Waals surface area contributed by atoms with Gasteiger partial charge in [-0.1, -0.05) is 30.4 Å². The number of alkyl halides is 3. The Morgan fingerprint density at radius 1 is 1.10 bits per heavy atom. The first-order chi connectivity index (χ1) is 14.9. The van der Waals surface area contributed by atoms with Gasteiger partial charge in [0.05, 0.1) is 22.7 Å². The largest absolute Gasteiger partial charge is 0.435 e. The van der Waals surface area contributed by atoms with Gasteiger partial charge in [-0.2, -0.15) is 18.3 Å². The monoisotopic (exact) mass is 440 g/mol. The molecule has 0 saturated carbocycles. The molecule has 2 aromatic carbocycles. The predicted molar refractivity (Wildman–Crippen MR) is 119 cm³/mol. The van der Waals surface area contributed by atoms with E-state index in [2.05, 4.69) is 21.8 Å². The molecule has 31 heavy (non-hydrogen) atoms. The van der Waals surface area contributed by atoms with Crippen LogP contribution in [-0.2, 0) is 6.18 Å². The fourth-order valence-corrected chi connectivity index (χ4v) is 4.93. The van der Waals surface area contributed by atoms with Gasteiger partial charge in [0.2, 0.25) is 0 Å². The molecule has 4 nitrogen and oxygen atoms in total. The quantitative estimate of drug-likeness (QED) is 0.537. The Hall–Kier alpha value is -3.13. The van der Waals surface area contributed by atoms with Crippen LogP contribution >= 0.6 is 11.8 Å². The molecule has 2 unspecified atom stereocenters. The number of fused-ring (bicyclic) bond motifs is 2. The topological polar surface area (TPSA) is 41.9 Å². The van der Waals surface area contributed by atoms with Gasteiger partial charge in [-0.25, -0.2) is 4.68 Å². The average Bonchev–Trinajstić information content (AvgIpc) is 3.23. The Kier molecular flexibility index (Phi) is 4.81. The van der Waals surface area contributed by atoms with Crippen LogP contribution < -0.4 is 10.6 Å². The lowest BCUT2D eigenvalue weighted by Gasteiger charge is -2.33. The molecule has 2 heterocycles. The highest BCUT2D eigenvalue weighted by Gasteiger charge is 2.36. The Morgan fingerprint density at radius 2 is 1.87 bits per heavy atom. The van der Waals surface area contributed by atoms with Crippen LogP contribution in [0.5, 0.6) is 0 Å². The molecule has 0 bridgehead atoms. The third-order valence-corrected chi connectivity index (χ3v) is 6.68. The second-order valence-electron chi connectivity index (χ2n) is 7.35. The zero-order valence-corrected chi connectivity index (χ0v) is 17.3. The lowest BCUT2D eigenvalue weighted by Crippen LogP contribution is -2.33. The van der Waals surface area contributed by atoms with Crippen LogP contribution in [0.2, 0.25) is 0 Å². The van der Waals surface area contributed by atoms with Gasteiger partial charge < -0.3 is 10.6 Å². The number of nitrogens with one attached hydrogen (secondary N) is 2. The van der Waals surface area contributed by atoms with E-state index in [9.17, 15) is 13.2 Å². The second kappa shape index (κ2) is 7.53. The van der Waals surface area contributed by atoms with Crippen molar-refractivity contribution in [3.8, 4) is 5.69 Å². The van der Waals surface area contributed by atoms with E-state index in [1.165, 1.54) is 9.58 Å². The molecule has 0 spiro atoms. The molecule has 158 valence electrons. The van der Waals surface area contributed by atoms with Gasteiger partial charge in [-0.05, 0) is 48.0 Å². The first-order valence-electron chi connectivity index (χ1n) is 9.80. The Labute approximate surface area is 181 Å². The lowest BCUT2D eigenvalue weighted by molar-refractivity contribution is -0.141. The molecule has 2 atom stereocenters. The lowest BCUT2D eigenvalue weighted by atomic mass is 9.98. The van der Waals surface area contributed by atoms with Crippen molar-refractivity contribution in [1.82, 2.24) is 9.78 Å². The number of aromatic nitrogens is 2. The van der Waals surface area contributed by atoms with Crippen LogP contribution in [0.3, 0.4) is 0 Å². The van der Waals surface area contributed by atoms with E-state index in [1.807, 2.05) is 48.6 Å². The fourth-order valence-electron chi connectivity index (χ4n) is 3.78. The molecule has 2 aliphatic rings. The summed E-state index contributed by atoms with van der Waals surface area (Å²) in [5.41, 5.74) is 2.67. The van der Waals surface area contributed by atoms with Gasteiger partial charge in [-0.15, -0.1) is 11.8 Å². The number of hydrogen-bond acceptors (Lipinski definition) is 4. The second-order valence-corrected chi connectivity index (χ2v) is 8.57. The van der Waals surface area contributed by atoms with Crippen molar-refractivity contribution in [2.75, 3.05) is 17.7 Å². The summed E-state index contributed by atoms with van der Waals surface area (Å²) >= 11 is 1.75. The van der Waals surface area contributed by atoms with Crippen LogP contribution in [0.4, 0.5) is 24.5 Å². The maximum Gasteiger partial charge on any atom is 0.435 e. The van der Waals surface area contributed by atoms with Crippen LogP contribution in [0.25, 0.3) is 11.3 Å². The molecule has 8 heteroatoms. The van der Waals surface area contributed by atoms with Gasteiger partial charge in [0.15, 0.2) is 5.69 Å². The molecule has 0 amide bonds. The molecule has 1 aromatic heterocycles. The minimum absolute atomic E-state index is 0.0238. The number of nitrogens with zero attached hydrogens (tertiary/aromatic N) is 2. The Morgan fingerprint density at radius 3 is 2.61 bits per heavy atom. The molecule has 3 aromatic rings. The fraction of sp³-hybridized carbons (Fsp3) is 0.174. The summed E-state index contributed by atoms with van der Waals surface area (Å²) in [4.78, 5) is 1.17. The van der Waals surface area contributed by atoms with Gasteiger partial charge in [0.1, 0.15) is 0 Å². The third kappa shape index (κ3) is 3.72. The number of allylic oxidation sites excluding steroid dienone is 2. The zero-order valence-electron chi connectivity index (χ0n) is 16.5. The van der Waals surface area contributed by atoms with E-state index in [0.717, 1.165) is 17.4 Å². The number of rotatable bonds is 3. The molecule has 0 fully saturated rings. The molecule has 1 aliphatic carbocycles. The van der Waals surface area contributed by atoms with E-state index in [-0.39, 0.29) is 11.3 Å². The van der Waals surface area contributed by atoms with Crippen molar-refractivity contribution in [1.29, 1.82) is 0 Å². The SMILES string of the molecule is CNc1ccc(-n2nc(C(F)(F)F)cc2C2=CC3Nc4ccccc4SC3C=C2)cc1. The summed E-state index contributed by atoms with van der Waals surface area (Å²) in [6.07, 6.45) is 1.40. The zero-order chi connectivity index (χ0) is 21.6. The first kappa shape index (κ1) is 19.8. The molecular formula is C23H19F3N4S. The van der Waals surface area contributed by atoms with Crippen LogP contribution in [0, 0.1) is 0 Å². The maximum atomic E-state index is 13.5. The van der Waals surface area contributed by atoms with Crippen molar-refractivity contribution in [2.45, 2.75) is 22.4 Å². The van der Waals surface area contributed by atoms with E-state index < -0.39 is 11.9 Å². The van der Waals surface area contributed by atoms with Gasteiger partial charge in [-0.3, -0.25) is 0 Å². The minimum Gasteiger partial charge on any atom is -0.388 e. The van der Waals surface area contributed by atoms with E-state index in [1.54, 1.807) is 30.9 Å². The number of halogens is 3. The van der Waals surface area contributed by atoms with Crippen LogP contribution in [0.1, 0.15) is 11.4 Å². The average molecular weight is 440 g/mol. The van der Waals surface area contributed by atoms with Gasteiger partial charge in [0.25, 0.3) is 0 Å². The minimum atomic E-state index is -4.52. The van der Waals surface area contributed by atoms with E-state index in [0.29, 0.717) is 17.0 Å². The molecular weight excluding hydrogens is 421 g/mol. The summed E-state index contributed by atoms with van der Waals surface area (Å²) < 4.78 is 41.8. The van der Waals surface area contributed by atoms with Crippen molar-refractivity contribution >= 4 is 28.7 Å². The van der Waals surface area contributed by atoms with Crippen molar-refractivity contribution < 1.29 is 13.2 Å². The number of para-hydroxylation sites is 1. The number of benzene rings is 2. The normalized spacial score (nSPS) is 19.8. The smallest absolute Gasteiger partial charge is 0.388 e. The predicted octanol–water partition coefficient (Wildman–Crippen LogP) is 5.84. The summed E-state index contributed by atoms with van der Waals surface area (Å²) in [7, 11) is 1.79. The number of thioether (sulfide) groups is 1. The van der Waals surface area contributed by atoms with E-state index in [4.69, 9.17) is 0 Å². The molecule has 2 N–H and O–H groups in total. The van der Waals surface area contributed by atoms with E-state index >= 15 is 0 Å². The summed E-state index contributed by atoms with van der Waals surface area (Å²) in [6.45, 7) is 0. The van der Waals surface area contributed by atoms with Gasteiger partial charge in [0, 0.05) is 23.3 Å². The highest BCUT2D eigenvalue weighted by Crippen LogP contribution is 2.42. The van der Waals surface area contributed by atoms with Crippen LogP contribution in [-0.4, -0.2) is 28.1 Å². The summed E-state index contributed by atoms with van der Waals surface area (Å²) in [6, 6.07) is 16.3. The number of hydrogen-bond donors (Lipinski definition) is 2. The highest BCUT2D eigenvalue weighted by molar-refractivity contribution is 8.00. The standard InChI is InChI=1S/C23H19F3N4S/c1-27-15-7-9-16(10-8-15)30-19(13-22(29-30)23(24,25)26)14-6-11-21-18(12-14)28-17-4-2-3-5-20(17)31-21/h2-13,18,21,27-28H,1H3. The number of anilines is 2. The highest BCUT2D eigenvalue weighted by atomic mass is 32.2. The summed E-state index contributed by atoms with van der Waals surface area (Å²) in [5.74, 6) is 0. The van der Waals surface area contributed by atoms with Gasteiger partial charge >= 0.3 is 6.18 Å². The van der Waals surface area contributed by atoms with Crippen molar-refractivity contribution in [2.24, 2.45) is 0 Å².